The maximum absolute atomic E-state index is 13.6. The molecule has 0 unspecified atom stereocenters. The molecule has 0 radical (unpaired) electrons. The van der Waals surface area contributed by atoms with E-state index in [-0.39, 0.29) is 30.3 Å². The van der Waals surface area contributed by atoms with Crippen molar-refractivity contribution in [2.75, 3.05) is 19.8 Å². The van der Waals surface area contributed by atoms with Gasteiger partial charge in [0.1, 0.15) is 5.82 Å². The first-order valence-electron chi connectivity index (χ1n) is 13.0. The highest BCUT2D eigenvalue weighted by molar-refractivity contribution is 5.69. The molecule has 0 aliphatic carbocycles. The molecule has 0 heterocycles. The van der Waals surface area contributed by atoms with E-state index in [1.165, 1.54) is 0 Å². The van der Waals surface area contributed by atoms with Crippen LogP contribution in [-0.2, 0) is 14.3 Å². The second-order valence-corrected chi connectivity index (χ2v) is 9.23. The summed E-state index contributed by atoms with van der Waals surface area (Å²) in [5.41, 5.74) is 0. The van der Waals surface area contributed by atoms with E-state index >= 15 is 0 Å². The number of hydrogen-bond acceptors (Lipinski definition) is 5. The van der Waals surface area contributed by atoms with Crippen LogP contribution in [0.15, 0.2) is 30.4 Å². The average Bonchev–Trinajstić information content (AvgIpc) is 2.80. The number of esters is 1. The molecule has 5 nitrogen and oxygen atoms in total. The Labute approximate surface area is 209 Å². The van der Waals surface area contributed by atoms with E-state index in [0.717, 1.165) is 50.3 Å². The lowest BCUT2D eigenvalue weighted by atomic mass is 9.96. The molecular weight excluding hydrogens is 454 g/mol. The van der Waals surface area contributed by atoms with Crippen molar-refractivity contribution in [1.82, 2.24) is 0 Å². The molecule has 0 saturated heterocycles. The number of rotatable bonds is 19. The molecule has 0 fully saturated rings. The lowest BCUT2D eigenvalue weighted by Gasteiger charge is -2.20. The average molecular weight is 499 g/mol. The maximum atomic E-state index is 13.6. The Morgan fingerprint density at radius 3 is 2.57 bits per heavy atom. The van der Waals surface area contributed by atoms with Gasteiger partial charge in [0, 0.05) is 31.6 Å². The molecule has 0 aliphatic rings. The van der Waals surface area contributed by atoms with Gasteiger partial charge in [0.2, 0.25) is 0 Å². The van der Waals surface area contributed by atoms with E-state index in [2.05, 4.69) is 6.92 Å². The number of aliphatic hydroxyl groups excluding tert-OH is 1. The predicted molar refractivity (Wildman–Crippen MR) is 134 cm³/mol. The van der Waals surface area contributed by atoms with E-state index < -0.39 is 17.7 Å². The Hall–Kier alpha value is -1.99. The molecule has 0 spiro atoms. The summed E-state index contributed by atoms with van der Waals surface area (Å²) in [5, 5.41) is 10.5. The van der Waals surface area contributed by atoms with Gasteiger partial charge in [0.05, 0.1) is 18.8 Å². The molecule has 7 heteroatoms. The third-order valence-electron chi connectivity index (χ3n) is 5.75. The summed E-state index contributed by atoms with van der Waals surface area (Å²) < 4.78 is 43.1. The van der Waals surface area contributed by atoms with Gasteiger partial charge in [0.25, 0.3) is 0 Å². The molecule has 0 aliphatic heterocycles. The van der Waals surface area contributed by atoms with Crippen LogP contribution in [0.2, 0.25) is 0 Å². The number of carbonyl (C=O) groups is 1. The monoisotopic (exact) mass is 498 g/mol. The summed E-state index contributed by atoms with van der Waals surface area (Å²) in [4.78, 5) is 11.7. The van der Waals surface area contributed by atoms with Crippen LogP contribution in [0.25, 0.3) is 0 Å². The molecule has 1 aromatic carbocycles. The normalized spacial score (nSPS) is 14.3. The third-order valence-corrected chi connectivity index (χ3v) is 5.75. The fourth-order valence-electron chi connectivity index (χ4n) is 3.88. The van der Waals surface area contributed by atoms with Crippen molar-refractivity contribution in [3.05, 3.63) is 42.0 Å². The number of hydrogen-bond donors (Lipinski definition) is 1. The van der Waals surface area contributed by atoms with Crippen LogP contribution in [0.1, 0.15) is 79.1 Å². The number of benzene rings is 1. The number of halogens is 2. The molecule has 1 N–H and O–H groups in total. The summed E-state index contributed by atoms with van der Waals surface area (Å²) in [5.74, 6) is -0.991. The smallest absolute Gasteiger partial charge is 0.306 e. The van der Waals surface area contributed by atoms with Crippen molar-refractivity contribution in [1.29, 1.82) is 0 Å². The molecule has 3 atom stereocenters. The zero-order valence-corrected chi connectivity index (χ0v) is 21.8. The second kappa shape index (κ2) is 18.3. The molecule has 0 saturated carbocycles. The van der Waals surface area contributed by atoms with Gasteiger partial charge in [-0.15, -0.1) is 0 Å². The fraction of sp³-hybridized carbons (Fsp3) is 0.679. The quantitative estimate of drug-likeness (QED) is 0.132. The van der Waals surface area contributed by atoms with Crippen LogP contribution < -0.4 is 4.74 Å². The Kier molecular flexibility index (Phi) is 16.2. The zero-order valence-electron chi connectivity index (χ0n) is 21.8. The van der Waals surface area contributed by atoms with E-state index in [4.69, 9.17) is 14.2 Å². The van der Waals surface area contributed by atoms with Gasteiger partial charge in [-0.3, -0.25) is 4.79 Å². The molecule has 1 rings (SSSR count). The molecule has 1 aromatic rings. The first-order chi connectivity index (χ1) is 16.8. The number of aliphatic hydroxyl groups is 1. The topological polar surface area (TPSA) is 65.0 Å². The van der Waals surface area contributed by atoms with Crippen molar-refractivity contribution in [3.63, 3.8) is 0 Å². The molecular formula is C28H44F2O5. The Morgan fingerprint density at radius 1 is 1.11 bits per heavy atom. The van der Waals surface area contributed by atoms with E-state index in [1.54, 1.807) is 0 Å². The minimum absolute atomic E-state index is 0.0112. The van der Waals surface area contributed by atoms with Crippen LogP contribution in [0.5, 0.6) is 5.75 Å². The van der Waals surface area contributed by atoms with Crippen molar-refractivity contribution in [2.45, 2.75) is 91.3 Å². The highest BCUT2D eigenvalue weighted by Crippen LogP contribution is 2.20. The van der Waals surface area contributed by atoms with Crippen molar-refractivity contribution < 1.29 is 32.9 Å². The van der Waals surface area contributed by atoms with E-state index in [0.29, 0.717) is 38.4 Å². The van der Waals surface area contributed by atoms with Crippen molar-refractivity contribution in [3.8, 4) is 5.75 Å². The molecule has 35 heavy (non-hydrogen) atoms. The maximum Gasteiger partial charge on any atom is 0.306 e. The predicted octanol–water partition coefficient (Wildman–Crippen LogP) is 6.62. The Bertz CT molecular complexity index is 738. The first kappa shape index (κ1) is 31.0. The number of carbonyl (C=O) groups excluding carboxylic acids is 1. The fourth-order valence-corrected chi connectivity index (χ4v) is 3.88. The standard InChI is InChI=1S/C28H44F2O5/c1-5-10-22(11-9-13-28(32)35-21(3)4)20-33-18-16-26(31)23(6-2)12-7-8-17-34-27-19-24(29)14-15-25(27)30/h7,12,14-15,19,21-23,26,31H,5-6,8-11,13,16-18,20H2,1-4H3/b12-7+/t22-,23+,26-/m1/s1. The molecule has 200 valence electrons. The SMILES string of the molecule is CCC[C@H](CCCC(=O)OC(C)C)COCC[C@@H](O)[C@H](/C=C/CCOc1cc(F)ccc1F)CC. The van der Waals surface area contributed by atoms with E-state index in [9.17, 15) is 18.7 Å². The molecule has 0 bridgehead atoms. The van der Waals surface area contributed by atoms with Crippen molar-refractivity contribution in [2.24, 2.45) is 11.8 Å². The van der Waals surface area contributed by atoms with Gasteiger partial charge in [-0.2, -0.15) is 0 Å². The number of ether oxygens (including phenoxy) is 3. The summed E-state index contributed by atoms with van der Waals surface area (Å²) in [6.45, 7) is 9.18. The van der Waals surface area contributed by atoms with Crippen LogP contribution >= 0.6 is 0 Å². The van der Waals surface area contributed by atoms with E-state index in [1.807, 2.05) is 32.9 Å². The molecule has 0 aromatic heterocycles. The largest absolute Gasteiger partial charge is 0.490 e. The minimum atomic E-state index is -0.591. The van der Waals surface area contributed by atoms with Gasteiger partial charge >= 0.3 is 5.97 Å². The van der Waals surface area contributed by atoms with Gasteiger partial charge in [0.15, 0.2) is 11.6 Å². The van der Waals surface area contributed by atoms with Crippen LogP contribution in [0.4, 0.5) is 8.78 Å². The first-order valence-corrected chi connectivity index (χ1v) is 13.0. The van der Waals surface area contributed by atoms with Crippen LogP contribution in [0, 0.1) is 23.5 Å². The lowest BCUT2D eigenvalue weighted by Crippen LogP contribution is -2.21. The second-order valence-electron chi connectivity index (χ2n) is 9.23. The van der Waals surface area contributed by atoms with Gasteiger partial charge < -0.3 is 19.3 Å². The van der Waals surface area contributed by atoms with Gasteiger partial charge in [-0.1, -0.05) is 32.4 Å². The summed E-state index contributed by atoms with van der Waals surface area (Å²) in [6.07, 6.45) is 9.35. The summed E-state index contributed by atoms with van der Waals surface area (Å²) in [7, 11) is 0. The third kappa shape index (κ3) is 14.2. The van der Waals surface area contributed by atoms with Gasteiger partial charge in [-0.05, 0) is 70.4 Å². The highest BCUT2D eigenvalue weighted by atomic mass is 19.1. The summed E-state index contributed by atoms with van der Waals surface area (Å²) >= 11 is 0. The Balaban J connectivity index is 2.29. The van der Waals surface area contributed by atoms with Crippen molar-refractivity contribution >= 4 is 5.97 Å². The lowest BCUT2D eigenvalue weighted by molar-refractivity contribution is -0.147. The molecule has 0 amide bonds. The minimum Gasteiger partial charge on any atom is -0.490 e. The van der Waals surface area contributed by atoms with Crippen LogP contribution in [-0.4, -0.2) is 43.1 Å². The Morgan fingerprint density at radius 2 is 1.89 bits per heavy atom. The summed E-state index contributed by atoms with van der Waals surface area (Å²) in [6, 6.07) is 3.12. The van der Waals surface area contributed by atoms with Gasteiger partial charge in [-0.25, -0.2) is 8.78 Å². The zero-order chi connectivity index (χ0) is 26.1. The highest BCUT2D eigenvalue weighted by Gasteiger charge is 2.16. The van der Waals surface area contributed by atoms with Crippen LogP contribution in [0.3, 0.4) is 0 Å².